The van der Waals surface area contributed by atoms with E-state index in [-0.39, 0.29) is 28.7 Å². The van der Waals surface area contributed by atoms with Crippen LogP contribution in [0.25, 0.3) is 0 Å². The first-order valence-electron chi connectivity index (χ1n) is 6.29. The second-order valence-electron chi connectivity index (χ2n) is 4.92. The molecule has 1 aliphatic rings. The lowest BCUT2D eigenvalue weighted by molar-refractivity contribution is 0.0392. The Bertz CT molecular complexity index is 635. The van der Waals surface area contributed by atoms with E-state index in [4.69, 9.17) is 9.84 Å². The number of carbonyl (C=O) groups is 1. The Morgan fingerprint density at radius 3 is 2.60 bits per heavy atom. The Balaban J connectivity index is 2.52. The number of sulfonamides is 1. The Labute approximate surface area is 117 Å². The van der Waals surface area contributed by atoms with Crippen molar-refractivity contribution in [1.82, 2.24) is 9.29 Å². The van der Waals surface area contributed by atoms with Crippen molar-refractivity contribution in [2.75, 3.05) is 19.8 Å². The maximum atomic E-state index is 12.7. The number of carboxylic acid groups (broad SMARTS) is 1. The second-order valence-corrected chi connectivity index (χ2v) is 6.75. The highest BCUT2D eigenvalue weighted by Crippen LogP contribution is 2.28. The Hall–Kier alpha value is -1.38. The van der Waals surface area contributed by atoms with Crippen molar-refractivity contribution in [3.63, 3.8) is 0 Å². The number of H-pyrrole nitrogens is 1. The van der Waals surface area contributed by atoms with Gasteiger partial charge in [-0.2, -0.15) is 4.31 Å². The maximum absolute atomic E-state index is 12.7. The number of carboxylic acids is 1. The van der Waals surface area contributed by atoms with Crippen molar-refractivity contribution in [3.8, 4) is 0 Å². The second kappa shape index (κ2) is 5.19. The van der Waals surface area contributed by atoms with Crippen LogP contribution in [0.5, 0.6) is 0 Å². The molecule has 0 aromatic carbocycles. The standard InChI is InChI=1S/C12H18N2O5S/c1-7-6-19-5-4-14(7)20(17,18)11-8(2)10(12(15)16)13-9(11)3/h7,13H,4-6H2,1-3H3,(H,15,16). The lowest BCUT2D eigenvalue weighted by Crippen LogP contribution is -2.47. The molecule has 1 aliphatic heterocycles. The average Bonchev–Trinajstić information content (AvgIpc) is 2.65. The van der Waals surface area contributed by atoms with Crippen LogP contribution in [0.4, 0.5) is 0 Å². The average molecular weight is 302 g/mol. The van der Waals surface area contributed by atoms with Gasteiger partial charge in [-0.15, -0.1) is 0 Å². The molecule has 1 fully saturated rings. The normalized spacial score (nSPS) is 21.1. The Morgan fingerprint density at radius 1 is 1.45 bits per heavy atom. The molecule has 0 amide bonds. The SMILES string of the molecule is Cc1[nH]c(C(=O)O)c(C)c1S(=O)(=O)N1CCOCC1C. The number of aromatic carboxylic acids is 1. The van der Waals surface area contributed by atoms with Crippen LogP contribution in [0.3, 0.4) is 0 Å². The third-order valence-electron chi connectivity index (χ3n) is 3.46. The summed E-state index contributed by atoms with van der Waals surface area (Å²) in [5.74, 6) is -1.16. The number of rotatable bonds is 3. The Kier molecular flexibility index (Phi) is 3.90. The fraction of sp³-hybridized carbons (Fsp3) is 0.583. The molecule has 2 rings (SSSR count). The fourth-order valence-electron chi connectivity index (χ4n) is 2.52. The number of hydrogen-bond acceptors (Lipinski definition) is 4. The van der Waals surface area contributed by atoms with Crippen molar-refractivity contribution in [2.45, 2.75) is 31.7 Å². The number of morpholine rings is 1. The van der Waals surface area contributed by atoms with E-state index in [0.717, 1.165) is 0 Å². The predicted octanol–water partition coefficient (Wildman–Crippen LogP) is 0.739. The van der Waals surface area contributed by atoms with E-state index in [9.17, 15) is 13.2 Å². The summed E-state index contributed by atoms with van der Waals surface area (Å²) in [6, 6.07) is -0.268. The van der Waals surface area contributed by atoms with Crippen LogP contribution < -0.4 is 0 Å². The van der Waals surface area contributed by atoms with Crippen LogP contribution >= 0.6 is 0 Å². The molecule has 112 valence electrons. The molecule has 0 radical (unpaired) electrons. The van der Waals surface area contributed by atoms with Crippen molar-refractivity contribution in [3.05, 3.63) is 17.0 Å². The molecule has 0 bridgehead atoms. The molecule has 2 heterocycles. The topological polar surface area (TPSA) is 99.7 Å². The van der Waals surface area contributed by atoms with Gasteiger partial charge in [0.05, 0.1) is 13.2 Å². The number of nitrogens with zero attached hydrogens (tertiary/aromatic N) is 1. The molecular formula is C12H18N2O5S. The lowest BCUT2D eigenvalue weighted by atomic mass is 10.2. The number of hydrogen-bond donors (Lipinski definition) is 2. The van der Waals surface area contributed by atoms with E-state index in [1.165, 1.54) is 11.2 Å². The first kappa shape index (κ1) is 15.0. The highest BCUT2D eigenvalue weighted by Gasteiger charge is 2.35. The van der Waals surface area contributed by atoms with Gasteiger partial charge in [-0.25, -0.2) is 13.2 Å². The van der Waals surface area contributed by atoms with Gasteiger partial charge in [0.2, 0.25) is 10.0 Å². The molecule has 1 atom stereocenters. The van der Waals surface area contributed by atoms with E-state index in [1.807, 2.05) is 0 Å². The van der Waals surface area contributed by atoms with Crippen molar-refractivity contribution in [2.24, 2.45) is 0 Å². The number of nitrogens with one attached hydrogen (secondary N) is 1. The summed E-state index contributed by atoms with van der Waals surface area (Å²) in [6.07, 6.45) is 0. The third kappa shape index (κ3) is 2.34. The summed E-state index contributed by atoms with van der Waals surface area (Å²) in [5, 5.41) is 9.07. The third-order valence-corrected chi connectivity index (χ3v) is 5.74. The summed E-state index contributed by atoms with van der Waals surface area (Å²) in [5.41, 5.74) is 0.509. The molecule has 0 aliphatic carbocycles. The van der Waals surface area contributed by atoms with Crippen LogP contribution in [0.15, 0.2) is 4.90 Å². The Morgan fingerprint density at radius 2 is 2.10 bits per heavy atom. The van der Waals surface area contributed by atoms with Crippen LogP contribution in [-0.2, 0) is 14.8 Å². The zero-order chi connectivity index (χ0) is 15.1. The molecule has 1 saturated heterocycles. The molecule has 1 aromatic heterocycles. The number of aryl methyl sites for hydroxylation is 1. The van der Waals surface area contributed by atoms with Gasteiger partial charge in [0.15, 0.2) is 0 Å². The van der Waals surface area contributed by atoms with Gasteiger partial charge >= 0.3 is 5.97 Å². The van der Waals surface area contributed by atoms with Crippen molar-refractivity contribution < 1.29 is 23.1 Å². The maximum Gasteiger partial charge on any atom is 0.352 e. The highest BCUT2D eigenvalue weighted by atomic mass is 32.2. The monoisotopic (exact) mass is 302 g/mol. The minimum Gasteiger partial charge on any atom is -0.477 e. The number of ether oxygens (including phenoxy) is 1. The highest BCUT2D eigenvalue weighted by molar-refractivity contribution is 7.89. The van der Waals surface area contributed by atoms with Crippen molar-refractivity contribution >= 4 is 16.0 Å². The van der Waals surface area contributed by atoms with E-state index < -0.39 is 16.0 Å². The molecule has 1 aromatic rings. The minimum atomic E-state index is -3.73. The van der Waals surface area contributed by atoms with Gasteiger partial charge < -0.3 is 14.8 Å². The zero-order valence-electron chi connectivity index (χ0n) is 11.6. The summed E-state index contributed by atoms with van der Waals surface area (Å²) in [6.45, 7) is 5.80. The summed E-state index contributed by atoms with van der Waals surface area (Å²) in [7, 11) is -3.73. The van der Waals surface area contributed by atoms with Gasteiger partial charge in [-0.05, 0) is 20.8 Å². The number of aromatic nitrogens is 1. The van der Waals surface area contributed by atoms with Crippen LogP contribution in [0, 0.1) is 13.8 Å². The quantitative estimate of drug-likeness (QED) is 0.858. The molecule has 20 heavy (non-hydrogen) atoms. The van der Waals surface area contributed by atoms with E-state index in [2.05, 4.69) is 4.98 Å². The van der Waals surface area contributed by atoms with E-state index in [0.29, 0.717) is 18.9 Å². The largest absolute Gasteiger partial charge is 0.477 e. The molecular weight excluding hydrogens is 284 g/mol. The van der Waals surface area contributed by atoms with Gasteiger partial charge in [0, 0.05) is 23.8 Å². The lowest BCUT2D eigenvalue weighted by Gasteiger charge is -2.32. The molecule has 7 nitrogen and oxygen atoms in total. The molecule has 0 saturated carbocycles. The predicted molar refractivity (Wildman–Crippen MR) is 71.4 cm³/mol. The van der Waals surface area contributed by atoms with Crippen LogP contribution in [-0.4, -0.2) is 54.6 Å². The first-order chi connectivity index (χ1) is 9.26. The molecule has 2 N–H and O–H groups in total. The smallest absolute Gasteiger partial charge is 0.352 e. The summed E-state index contributed by atoms with van der Waals surface area (Å²) in [4.78, 5) is 13.8. The van der Waals surface area contributed by atoms with E-state index in [1.54, 1.807) is 13.8 Å². The van der Waals surface area contributed by atoms with Crippen LogP contribution in [0.2, 0.25) is 0 Å². The summed E-state index contributed by atoms with van der Waals surface area (Å²) >= 11 is 0. The van der Waals surface area contributed by atoms with Gasteiger partial charge in [-0.1, -0.05) is 0 Å². The molecule has 1 unspecified atom stereocenters. The van der Waals surface area contributed by atoms with Crippen molar-refractivity contribution in [1.29, 1.82) is 0 Å². The zero-order valence-corrected chi connectivity index (χ0v) is 12.5. The van der Waals surface area contributed by atoms with Crippen LogP contribution in [0.1, 0.15) is 28.7 Å². The molecule has 8 heteroatoms. The minimum absolute atomic E-state index is 0.0589. The van der Waals surface area contributed by atoms with Gasteiger partial charge in [0.25, 0.3) is 0 Å². The first-order valence-corrected chi connectivity index (χ1v) is 7.73. The van der Waals surface area contributed by atoms with Gasteiger partial charge in [-0.3, -0.25) is 0 Å². The number of aromatic amines is 1. The van der Waals surface area contributed by atoms with Gasteiger partial charge in [0.1, 0.15) is 10.6 Å². The van der Waals surface area contributed by atoms with E-state index >= 15 is 0 Å². The summed E-state index contributed by atoms with van der Waals surface area (Å²) < 4.78 is 32.1. The molecule has 0 spiro atoms. The fourth-order valence-corrected chi connectivity index (χ4v) is 4.53.